The van der Waals surface area contributed by atoms with E-state index < -0.39 is 30.9 Å². The summed E-state index contributed by atoms with van der Waals surface area (Å²) in [5.74, 6) is -2.27. The summed E-state index contributed by atoms with van der Waals surface area (Å²) >= 11 is 0. The lowest BCUT2D eigenvalue weighted by Gasteiger charge is -2.20. The van der Waals surface area contributed by atoms with Gasteiger partial charge in [-0.2, -0.15) is 13.2 Å². The smallest absolute Gasteiger partial charge is 0.389 e. The number of alkyl halides is 3. The Kier molecular flexibility index (Phi) is 4.23. The first-order valence-electron chi connectivity index (χ1n) is 4.01. The maximum atomic E-state index is 11.9. The molecular weight excluding hydrogens is 185 g/mol. The molecular formula is C8H13F3O2. The second kappa shape index (κ2) is 4.48. The van der Waals surface area contributed by atoms with Gasteiger partial charge in [-0.15, -0.1) is 0 Å². The summed E-state index contributed by atoms with van der Waals surface area (Å²) in [6, 6.07) is 0. The molecule has 2 nitrogen and oxygen atoms in total. The summed E-state index contributed by atoms with van der Waals surface area (Å²) in [5, 5.41) is 8.36. The lowest BCUT2D eigenvalue weighted by Crippen LogP contribution is -2.21. The zero-order chi connectivity index (χ0) is 10.6. The summed E-state index contributed by atoms with van der Waals surface area (Å²) in [6.07, 6.45) is -5.71. The molecule has 13 heavy (non-hydrogen) atoms. The maximum absolute atomic E-state index is 11.9. The van der Waals surface area contributed by atoms with Crippen molar-refractivity contribution in [2.45, 2.75) is 32.9 Å². The molecule has 0 aliphatic rings. The highest BCUT2D eigenvalue weighted by molar-refractivity contribution is 5.67. The predicted octanol–water partition coefficient (Wildman–Crippen LogP) is 2.69. The number of carbonyl (C=O) groups is 1. The van der Waals surface area contributed by atoms with Gasteiger partial charge in [0.05, 0.1) is 0 Å². The van der Waals surface area contributed by atoms with E-state index in [-0.39, 0.29) is 5.92 Å². The minimum atomic E-state index is -4.27. The highest BCUT2D eigenvalue weighted by Crippen LogP contribution is 2.30. The maximum Gasteiger partial charge on any atom is 0.389 e. The van der Waals surface area contributed by atoms with Crippen molar-refractivity contribution in [2.24, 2.45) is 11.8 Å². The fraction of sp³-hybridized carbons (Fsp3) is 0.875. The van der Waals surface area contributed by atoms with E-state index in [0.717, 1.165) is 0 Å². The Bertz CT molecular complexity index is 175. The van der Waals surface area contributed by atoms with E-state index in [0.29, 0.717) is 0 Å². The number of hydrogen-bond donors (Lipinski definition) is 1. The van der Waals surface area contributed by atoms with Crippen LogP contribution in [0.25, 0.3) is 0 Å². The molecule has 0 unspecified atom stereocenters. The van der Waals surface area contributed by atoms with Crippen molar-refractivity contribution >= 4 is 5.97 Å². The summed E-state index contributed by atoms with van der Waals surface area (Å²) in [7, 11) is 0. The van der Waals surface area contributed by atoms with Crippen molar-refractivity contribution in [3.63, 3.8) is 0 Å². The fourth-order valence-corrected chi connectivity index (χ4v) is 1.07. The van der Waals surface area contributed by atoms with Crippen molar-refractivity contribution in [1.82, 2.24) is 0 Å². The summed E-state index contributed by atoms with van der Waals surface area (Å²) in [6.45, 7) is 3.19. The largest absolute Gasteiger partial charge is 0.481 e. The van der Waals surface area contributed by atoms with Crippen LogP contribution in [0.4, 0.5) is 13.2 Å². The first-order chi connectivity index (χ1) is 5.72. The lowest BCUT2D eigenvalue weighted by atomic mass is 9.89. The van der Waals surface area contributed by atoms with Crippen LogP contribution in [0.1, 0.15) is 26.7 Å². The average molecular weight is 198 g/mol. The van der Waals surface area contributed by atoms with E-state index in [9.17, 15) is 18.0 Å². The molecule has 0 aromatic carbocycles. The van der Waals surface area contributed by atoms with E-state index in [1.54, 1.807) is 13.8 Å². The van der Waals surface area contributed by atoms with Crippen LogP contribution in [0, 0.1) is 11.8 Å². The molecule has 0 amide bonds. The Morgan fingerprint density at radius 1 is 1.38 bits per heavy atom. The van der Waals surface area contributed by atoms with Gasteiger partial charge in [0.1, 0.15) is 0 Å². The minimum Gasteiger partial charge on any atom is -0.481 e. The van der Waals surface area contributed by atoms with Crippen LogP contribution in [-0.4, -0.2) is 17.3 Å². The van der Waals surface area contributed by atoms with Crippen LogP contribution in [-0.2, 0) is 4.79 Å². The van der Waals surface area contributed by atoms with Gasteiger partial charge < -0.3 is 5.11 Å². The molecule has 0 radical (unpaired) electrons. The average Bonchev–Trinajstić information content (AvgIpc) is 1.81. The zero-order valence-electron chi connectivity index (χ0n) is 7.56. The Hall–Kier alpha value is -0.740. The van der Waals surface area contributed by atoms with Crippen molar-refractivity contribution in [2.75, 3.05) is 0 Å². The molecule has 0 aromatic rings. The summed E-state index contributed by atoms with van der Waals surface area (Å²) < 4.78 is 35.8. The monoisotopic (exact) mass is 198 g/mol. The predicted molar refractivity (Wildman–Crippen MR) is 41.3 cm³/mol. The standard InChI is InChI=1S/C8H13F3O2/c1-5(2)6(3-7(12)13)4-8(9,10)11/h5-6H,3-4H2,1-2H3,(H,12,13)/t6-/m1/s1. The number of rotatable bonds is 4. The lowest BCUT2D eigenvalue weighted by molar-refractivity contribution is -0.153. The molecule has 0 bridgehead atoms. The summed E-state index contributed by atoms with van der Waals surface area (Å²) in [4.78, 5) is 10.2. The molecule has 0 aliphatic carbocycles. The third-order valence-electron chi connectivity index (χ3n) is 1.87. The molecule has 0 spiro atoms. The van der Waals surface area contributed by atoms with Crippen LogP contribution < -0.4 is 0 Å². The van der Waals surface area contributed by atoms with Crippen LogP contribution in [0.5, 0.6) is 0 Å². The van der Waals surface area contributed by atoms with Gasteiger partial charge in [-0.1, -0.05) is 13.8 Å². The molecule has 0 saturated carbocycles. The number of aliphatic carboxylic acids is 1. The summed E-state index contributed by atoms with van der Waals surface area (Å²) in [5.41, 5.74) is 0. The van der Waals surface area contributed by atoms with E-state index in [1.807, 2.05) is 0 Å². The van der Waals surface area contributed by atoms with Crippen molar-refractivity contribution < 1.29 is 23.1 Å². The molecule has 5 heteroatoms. The van der Waals surface area contributed by atoms with Gasteiger partial charge in [0.25, 0.3) is 0 Å². The number of carboxylic acid groups (broad SMARTS) is 1. The number of hydrogen-bond acceptors (Lipinski definition) is 1. The Morgan fingerprint density at radius 2 is 1.85 bits per heavy atom. The second-order valence-corrected chi connectivity index (χ2v) is 3.42. The second-order valence-electron chi connectivity index (χ2n) is 3.42. The van der Waals surface area contributed by atoms with Gasteiger partial charge in [0.2, 0.25) is 0 Å². The fourth-order valence-electron chi connectivity index (χ4n) is 1.07. The number of halogens is 3. The van der Waals surface area contributed by atoms with Crippen LogP contribution in [0.3, 0.4) is 0 Å². The van der Waals surface area contributed by atoms with Crippen molar-refractivity contribution in [3.05, 3.63) is 0 Å². The van der Waals surface area contributed by atoms with Gasteiger partial charge in [0, 0.05) is 12.8 Å². The molecule has 1 atom stereocenters. The van der Waals surface area contributed by atoms with Gasteiger partial charge in [-0.3, -0.25) is 4.79 Å². The molecule has 0 aromatic heterocycles. The van der Waals surface area contributed by atoms with Gasteiger partial charge in [0.15, 0.2) is 0 Å². The Morgan fingerprint density at radius 3 is 2.08 bits per heavy atom. The molecule has 0 saturated heterocycles. The third kappa shape index (κ3) is 6.42. The van der Waals surface area contributed by atoms with Crippen molar-refractivity contribution in [1.29, 1.82) is 0 Å². The van der Waals surface area contributed by atoms with Gasteiger partial charge in [-0.05, 0) is 11.8 Å². The van der Waals surface area contributed by atoms with E-state index in [2.05, 4.69) is 0 Å². The topological polar surface area (TPSA) is 37.3 Å². The molecule has 0 fully saturated rings. The Labute approximate surface area is 74.7 Å². The highest BCUT2D eigenvalue weighted by atomic mass is 19.4. The first-order valence-corrected chi connectivity index (χ1v) is 4.01. The molecule has 78 valence electrons. The molecule has 0 heterocycles. The van der Waals surface area contributed by atoms with E-state index in [1.165, 1.54) is 0 Å². The SMILES string of the molecule is CC(C)[C@H](CC(=O)O)CC(F)(F)F. The van der Waals surface area contributed by atoms with Crippen molar-refractivity contribution in [3.8, 4) is 0 Å². The van der Waals surface area contributed by atoms with E-state index >= 15 is 0 Å². The van der Waals surface area contributed by atoms with E-state index in [4.69, 9.17) is 5.11 Å². The van der Waals surface area contributed by atoms with Crippen LogP contribution >= 0.6 is 0 Å². The van der Waals surface area contributed by atoms with Crippen LogP contribution in [0.15, 0.2) is 0 Å². The van der Waals surface area contributed by atoms with Crippen LogP contribution in [0.2, 0.25) is 0 Å². The highest BCUT2D eigenvalue weighted by Gasteiger charge is 2.34. The first kappa shape index (κ1) is 12.3. The quantitative estimate of drug-likeness (QED) is 0.754. The third-order valence-corrected chi connectivity index (χ3v) is 1.87. The molecule has 0 aliphatic heterocycles. The van der Waals surface area contributed by atoms with Gasteiger partial charge in [-0.25, -0.2) is 0 Å². The number of carboxylic acids is 1. The van der Waals surface area contributed by atoms with Gasteiger partial charge >= 0.3 is 12.1 Å². The Balaban J connectivity index is 4.19. The minimum absolute atomic E-state index is 0.266. The normalized spacial score (nSPS) is 14.6. The zero-order valence-corrected chi connectivity index (χ0v) is 7.56. The molecule has 1 N–H and O–H groups in total. The molecule has 0 rings (SSSR count).